The number of methoxy groups -OCH3 is 2. The second-order valence-electron chi connectivity index (χ2n) is 6.14. The molecule has 0 N–H and O–H groups in total. The lowest BCUT2D eigenvalue weighted by molar-refractivity contribution is -0.142. The molecular formula is C21H19F3N2O3. The highest BCUT2D eigenvalue weighted by atomic mass is 19.4. The van der Waals surface area contributed by atoms with Gasteiger partial charge in [0.1, 0.15) is 12.4 Å². The number of nitrogens with zero attached hydrogens (tertiary/aromatic N) is 2. The molecule has 29 heavy (non-hydrogen) atoms. The Balaban J connectivity index is 1.80. The molecule has 5 nitrogen and oxygen atoms in total. The highest BCUT2D eigenvalue weighted by Crippen LogP contribution is 2.36. The van der Waals surface area contributed by atoms with Crippen molar-refractivity contribution in [2.75, 3.05) is 14.2 Å². The third-order valence-corrected chi connectivity index (χ3v) is 4.15. The highest BCUT2D eigenvalue weighted by molar-refractivity contribution is 5.40. The molecule has 1 heterocycles. The van der Waals surface area contributed by atoms with Gasteiger partial charge in [-0.1, -0.05) is 42.5 Å². The van der Waals surface area contributed by atoms with Gasteiger partial charge in [0.05, 0.1) is 14.2 Å². The van der Waals surface area contributed by atoms with Crippen LogP contribution in [0.2, 0.25) is 0 Å². The maximum atomic E-state index is 13.5. The highest BCUT2D eigenvalue weighted by Gasteiger charge is 2.38. The fourth-order valence-electron chi connectivity index (χ4n) is 2.75. The summed E-state index contributed by atoms with van der Waals surface area (Å²) >= 11 is 0. The minimum Gasteiger partial charge on any atom is -0.489 e. The van der Waals surface area contributed by atoms with Crippen LogP contribution in [0, 0.1) is 0 Å². The van der Waals surface area contributed by atoms with Crippen LogP contribution in [0.1, 0.15) is 22.4 Å². The topological polar surface area (TPSA) is 53.5 Å². The summed E-state index contributed by atoms with van der Waals surface area (Å²) < 4.78 is 56.0. The first-order chi connectivity index (χ1) is 13.9. The second kappa shape index (κ2) is 8.81. The van der Waals surface area contributed by atoms with E-state index in [1.54, 1.807) is 24.3 Å². The molecule has 0 fully saturated rings. The molecule has 0 aliphatic heterocycles. The van der Waals surface area contributed by atoms with E-state index in [0.717, 1.165) is 5.56 Å². The van der Waals surface area contributed by atoms with Crippen molar-refractivity contribution in [1.29, 1.82) is 0 Å². The van der Waals surface area contributed by atoms with E-state index in [1.807, 2.05) is 30.3 Å². The van der Waals surface area contributed by atoms with E-state index in [9.17, 15) is 13.2 Å². The zero-order chi connectivity index (χ0) is 20.9. The Morgan fingerprint density at radius 1 is 0.828 bits per heavy atom. The van der Waals surface area contributed by atoms with Crippen molar-refractivity contribution >= 4 is 0 Å². The Kier molecular flexibility index (Phi) is 6.21. The maximum absolute atomic E-state index is 13.5. The molecule has 0 aliphatic carbocycles. The van der Waals surface area contributed by atoms with Crippen molar-refractivity contribution in [2.45, 2.75) is 19.2 Å². The molecule has 0 unspecified atom stereocenters. The molecule has 3 aromatic rings. The number of rotatable bonds is 7. The molecular weight excluding hydrogens is 385 g/mol. The van der Waals surface area contributed by atoms with Crippen LogP contribution in [0.4, 0.5) is 13.2 Å². The van der Waals surface area contributed by atoms with Crippen LogP contribution in [0.5, 0.6) is 17.6 Å². The quantitative estimate of drug-likeness (QED) is 0.572. The van der Waals surface area contributed by atoms with Crippen LogP contribution in [-0.2, 0) is 19.2 Å². The smallest absolute Gasteiger partial charge is 0.434 e. The third-order valence-electron chi connectivity index (χ3n) is 4.15. The summed E-state index contributed by atoms with van der Waals surface area (Å²) in [7, 11) is 2.45. The van der Waals surface area contributed by atoms with Gasteiger partial charge in [0.15, 0.2) is 5.69 Å². The average molecular weight is 404 g/mol. The number of hydrogen-bond acceptors (Lipinski definition) is 5. The summed E-state index contributed by atoms with van der Waals surface area (Å²) in [5.74, 6) is 0.445. The molecule has 2 aromatic carbocycles. The van der Waals surface area contributed by atoms with Crippen molar-refractivity contribution in [3.05, 3.63) is 77.0 Å². The van der Waals surface area contributed by atoms with Crippen molar-refractivity contribution in [1.82, 2.24) is 9.97 Å². The van der Waals surface area contributed by atoms with Gasteiger partial charge < -0.3 is 14.2 Å². The van der Waals surface area contributed by atoms with E-state index >= 15 is 0 Å². The van der Waals surface area contributed by atoms with Crippen LogP contribution < -0.4 is 14.2 Å². The molecule has 0 atom stereocenters. The van der Waals surface area contributed by atoms with E-state index < -0.39 is 17.9 Å². The minimum atomic E-state index is -4.67. The first kappa shape index (κ1) is 20.4. The van der Waals surface area contributed by atoms with Gasteiger partial charge in [-0.3, -0.25) is 0 Å². The Morgan fingerprint density at radius 2 is 1.52 bits per heavy atom. The van der Waals surface area contributed by atoms with Gasteiger partial charge in [0.25, 0.3) is 0 Å². The zero-order valence-electron chi connectivity index (χ0n) is 15.9. The molecule has 3 rings (SSSR count). The lowest BCUT2D eigenvalue weighted by Gasteiger charge is -2.16. The van der Waals surface area contributed by atoms with Gasteiger partial charge in [0, 0.05) is 12.0 Å². The number of aromatic nitrogens is 2. The van der Waals surface area contributed by atoms with Crippen molar-refractivity contribution in [2.24, 2.45) is 0 Å². The van der Waals surface area contributed by atoms with Crippen LogP contribution >= 0.6 is 0 Å². The summed E-state index contributed by atoms with van der Waals surface area (Å²) in [5.41, 5.74) is 0.422. The monoisotopic (exact) mass is 404 g/mol. The predicted octanol–water partition coefficient (Wildman–Crippen LogP) is 4.68. The summed E-state index contributed by atoms with van der Waals surface area (Å²) in [6, 6.07) is 16.1. The molecule has 0 saturated heterocycles. The summed E-state index contributed by atoms with van der Waals surface area (Å²) in [6.45, 7) is 0.401. The number of ether oxygens (including phenoxy) is 3. The SMILES string of the molecule is COc1nc(OC)c(Cc2ccc(OCc3ccccc3)cc2)c(C(F)(F)F)n1. The van der Waals surface area contributed by atoms with Gasteiger partial charge in [-0.05, 0) is 23.3 Å². The van der Waals surface area contributed by atoms with Crippen LogP contribution in [0.15, 0.2) is 54.6 Å². The number of benzene rings is 2. The van der Waals surface area contributed by atoms with Crippen molar-refractivity contribution < 1.29 is 27.4 Å². The van der Waals surface area contributed by atoms with Gasteiger partial charge in [0.2, 0.25) is 5.88 Å². The summed E-state index contributed by atoms with van der Waals surface area (Å²) in [4.78, 5) is 7.37. The zero-order valence-corrected chi connectivity index (χ0v) is 15.9. The third kappa shape index (κ3) is 5.16. The van der Waals surface area contributed by atoms with E-state index in [-0.39, 0.29) is 17.9 Å². The Labute approximate surface area is 166 Å². The van der Waals surface area contributed by atoms with Gasteiger partial charge in [-0.15, -0.1) is 0 Å². The molecule has 8 heteroatoms. The molecule has 0 spiro atoms. The Hall–Kier alpha value is -3.29. The predicted molar refractivity (Wildman–Crippen MR) is 100 cm³/mol. The van der Waals surface area contributed by atoms with Gasteiger partial charge in [-0.2, -0.15) is 23.1 Å². The molecule has 1 aromatic heterocycles. The van der Waals surface area contributed by atoms with E-state index in [2.05, 4.69) is 9.97 Å². The second-order valence-corrected chi connectivity index (χ2v) is 6.14. The van der Waals surface area contributed by atoms with Gasteiger partial charge >= 0.3 is 12.2 Å². The molecule has 152 valence electrons. The Morgan fingerprint density at radius 3 is 2.10 bits per heavy atom. The first-order valence-electron chi connectivity index (χ1n) is 8.72. The van der Waals surface area contributed by atoms with Gasteiger partial charge in [-0.25, -0.2) is 0 Å². The van der Waals surface area contributed by atoms with Crippen LogP contribution in [0.3, 0.4) is 0 Å². The lowest BCUT2D eigenvalue weighted by atomic mass is 10.0. The van der Waals surface area contributed by atoms with Crippen LogP contribution in [0.25, 0.3) is 0 Å². The molecule has 0 aliphatic rings. The fourth-order valence-corrected chi connectivity index (χ4v) is 2.75. The standard InChI is InChI=1S/C21H19F3N2O3/c1-27-19-17(18(21(22,23)24)25-20(26-19)28-2)12-14-8-10-16(11-9-14)29-13-15-6-4-3-5-7-15/h3-11H,12-13H2,1-2H3. The minimum absolute atomic E-state index is 0.0546. The maximum Gasteiger partial charge on any atom is 0.434 e. The lowest BCUT2D eigenvalue weighted by Crippen LogP contribution is -2.15. The molecule has 0 bridgehead atoms. The van der Waals surface area contributed by atoms with E-state index in [4.69, 9.17) is 14.2 Å². The molecule has 0 amide bonds. The average Bonchev–Trinajstić information content (AvgIpc) is 2.73. The number of halogens is 3. The van der Waals surface area contributed by atoms with E-state index in [1.165, 1.54) is 14.2 Å². The van der Waals surface area contributed by atoms with Crippen molar-refractivity contribution in [3.8, 4) is 17.6 Å². The summed E-state index contributed by atoms with van der Waals surface area (Å²) in [6.07, 6.45) is -4.72. The van der Waals surface area contributed by atoms with Crippen LogP contribution in [-0.4, -0.2) is 24.2 Å². The molecule has 0 saturated carbocycles. The summed E-state index contributed by atoms with van der Waals surface area (Å²) in [5, 5.41) is 0. The van der Waals surface area contributed by atoms with Crippen molar-refractivity contribution in [3.63, 3.8) is 0 Å². The fraction of sp³-hybridized carbons (Fsp3) is 0.238. The number of hydrogen-bond donors (Lipinski definition) is 0. The number of alkyl halides is 3. The molecule has 0 radical (unpaired) electrons. The Bertz CT molecular complexity index is 946. The normalized spacial score (nSPS) is 11.2. The first-order valence-corrected chi connectivity index (χ1v) is 8.72. The largest absolute Gasteiger partial charge is 0.489 e. The van der Waals surface area contributed by atoms with E-state index in [0.29, 0.717) is 17.9 Å².